The van der Waals surface area contributed by atoms with E-state index in [1.807, 2.05) is 0 Å². The topological polar surface area (TPSA) is 23.5 Å². The molecule has 1 N–H and O–H groups in total. The molecule has 0 aromatic heterocycles. The Morgan fingerprint density at radius 2 is 2.20 bits per heavy atom. The van der Waals surface area contributed by atoms with Gasteiger partial charge in [-0.05, 0) is 43.5 Å². The highest BCUT2D eigenvalue weighted by atomic mass is 16.2. The van der Waals surface area contributed by atoms with Crippen molar-refractivity contribution in [2.75, 3.05) is 26.7 Å². The minimum absolute atomic E-state index is 0.250. The predicted molar refractivity (Wildman–Crippen MR) is 62.1 cm³/mol. The molecule has 0 aliphatic carbocycles. The van der Waals surface area contributed by atoms with E-state index >= 15 is 0 Å². The molecule has 0 saturated carbocycles. The van der Waals surface area contributed by atoms with Crippen molar-refractivity contribution in [2.45, 2.75) is 18.8 Å². The third kappa shape index (κ3) is 2.39. The van der Waals surface area contributed by atoms with Crippen molar-refractivity contribution in [3.63, 3.8) is 0 Å². The zero-order valence-electron chi connectivity index (χ0n) is 9.32. The lowest BCUT2D eigenvalue weighted by molar-refractivity contribution is 0.299. The number of aliphatic hydroxyl groups is 1. The maximum atomic E-state index is 9.03. The van der Waals surface area contributed by atoms with E-state index in [2.05, 4.69) is 36.2 Å². The fourth-order valence-corrected chi connectivity index (χ4v) is 2.47. The maximum Gasteiger partial charge on any atom is 0.0471 e. The van der Waals surface area contributed by atoms with Crippen LogP contribution in [0.25, 0.3) is 0 Å². The first-order valence-corrected chi connectivity index (χ1v) is 5.68. The van der Waals surface area contributed by atoms with Crippen LogP contribution in [-0.2, 0) is 6.42 Å². The van der Waals surface area contributed by atoms with E-state index in [9.17, 15) is 0 Å². The van der Waals surface area contributed by atoms with Gasteiger partial charge in [-0.2, -0.15) is 0 Å². The summed E-state index contributed by atoms with van der Waals surface area (Å²) in [6.07, 6.45) is 2.04. The largest absolute Gasteiger partial charge is 0.396 e. The Kier molecular flexibility index (Phi) is 3.39. The van der Waals surface area contributed by atoms with Crippen LogP contribution < -0.4 is 0 Å². The Hall–Kier alpha value is -0.860. The third-order valence-electron chi connectivity index (χ3n) is 3.27. The second kappa shape index (κ2) is 4.77. The molecule has 1 fully saturated rings. The van der Waals surface area contributed by atoms with Crippen molar-refractivity contribution >= 4 is 0 Å². The summed E-state index contributed by atoms with van der Waals surface area (Å²) in [4.78, 5) is 2.38. The molecule has 0 radical (unpaired) electrons. The summed E-state index contributed by atoms with van der Waals surface area (Å²) in [6, 6.07) is 8.53. The van der Waals surface area contributed by atoms with Crippen molar-refractivity contribution in [1.29, 1.82) is 0 Å². The average molecular weight is 205 g/mol. The van der Waals surface area contributed by atoms with Gasteiger partial charge in [-0.3, -0.25) is 0 Å². The van der Waals surface area contributed by atoms with Gasteiger partial charge < -0.3 is 10.0 Å². The quantitative estimate of drug-likeness (QED) is 0.811. The Morgan fingerprint density at radius 1 is 1.40 bits per heavy atom. The van der Waals surface area contributed by atoms with Crippen LogP contribution in [-0.4, -0.2) is 36.8 Å². The van der Waals surface area contributed by atoms with Gasteiger partial charge in [0.1, 0.15) is 0 Å². The van der Waals surface area contributed by atoms with E-state index in [1.54, 1.807) is 0 Å². The maximum absolute atomic E-state index is 9.03. The molecule has 0 amide bonds. The molecule has 1 aliphatic heterocycles. The van der Waals surface area contributed by atoms with Gasteiger partial charge in [0.25, 0.3) is 0 Å². The summed E-state index contributed by atoms with van der Waals surface area (Å²) in [5, 5.41) is 9.03. The van der Waals surface area contributed by atoms with Gasteiger partial charge in [0.05, 0.1) is 0 Å². The summed E-state index contributed by atoms with van der Waals surface area (Å²) in [5.74, 6) is 0.665. The summed E-state index contributed by atoms with van der Waals surface area (Å²) in [5.41, 5.74) is 2.76. The molecule has 1 unspecified atom stereocenters. The minimum Gasteiger partial charge on any atom is -0.396 e. The molecule has 2 rings (SSSR count). The second-order valence-electron chi connectivity index (χ2n) is 4.42. The molecule has 2 heteroatoms. The highest BCUT2D eigenvalue weighted by Crippen LogP contribution is 2.28. The summed E-state index contributed by atoms with van der Waals surface area (Å²) >= 11 is 0. The van der Waals surface area contributed by atoms with E-state index in [-0.39, 0.29) is 6.61 Å². The number of hydrogen-bond donors (Lipinski definition) is 1. The van der Waals surface area contributed by atoms with Crippen LogP contribution in [0.2, 0.25) is 0 Å². The number of rotatable bonds is 3. The summed E-state index contributed by atoms with van der Waals surface area (Å²) in [7, 11) is 2.18. The van der Waals surface area contributed by atoms with Gasteiger partial charge in [-0.1, -0.05) is 24.3 Å². The molecule has 1 aliphatic rings. The molecule has 1 heterocycles. The van der Waals surface area contributed by atoms with Gasteiger partial charge in [0, 0.05) is 13.2 Å². The predicted octanol–water partition coefficient (Wildman–Crippen LogP) is 1.64. The van der Waals surface area contributed by atoms with Gasteiger partial charge in [-0.15, -0.1) is 0 Å². The molecule has 0 spiro atoms. The van der Waals surface area contributed by atoms with Crippen LogP contribution in [0, 0.1) is 0 Å². The van der Waals surface area contributed by atoms with Crippen LogP contribution in [0.15, 0.2) is 24.3 Å². The lowest BCUT2D eigenvalue weighted by Gasteiger charge is -2.15. The van der Waals surface area contributed by atoms with Gasteiger partial charge >= 0.3 is 0 Å². The highest BCUT2D eigenvalue weighted by molar-refractivity contribution is 5.31. The van der Waals surface area contributed by atoms with E-state index in [1.165, 1.54) is 24.1 Å². The average Bonchev–Trinajstić information content (AvgIpc) is 2.66. The van der Waals surface area contributed by atoms with E-state index in [4.69, 9.17) is 5.11 Å². The second-order valence-corrected chi connectivity index (χ2v) is 4.42. The molecule has 1 aromatic rings. The number of hydrogen-bond acceptors (Lipinski definition) is 2. The summed E-state index contributed by atoms with van der Waals surface area (Å²) < 4.78 is 0. The fraction of sp³-hybridized carbons (Fsp3) is 0.538. The summed E-state index contributed by atoms with van der Waals surface area (Å²) in [6.45, 7) is 2.60. The standard InChI is InChI=1S/C13H19NO/c1-14-8-6-12(10-14)13-5-3-2-4-11(13)7-9-15/h2-5,12,15H,6-10H2,1H3. The SMILES string of the molecule is CN1CCC(c2ccccc2CCO)C1. The van der Waals surface area contributed by atoms with Gasteiger partial charge in [0.15, 0.2) is 0 Å². The van der Waals surface area contributed by atoms with Crippen LogP contribution in [0.5, 0.6) is 0 Å². The molecular weight excluding hydrogens is 186 g/mol. The zero-order chi connectivity index (χ0) is 10.7. The van der Waals surface area contributed by atoms with E-state index < -0.39 is 0 Å². The van der Waals surface area contributed by atoms with Gasteiger partial charge in [-0.25, -0.2) is 0 Å². The first-order valence-electron chi connectivity index (χ1n) is 5.68. The van der Waals surface area contributed by atoms with Gasteiger partial charge in [0.2, 0.25) is 0 Å². The monoisotopic (exact) mass is 205 g/mol. The number of likely N-dealkylation sites (N-methyl/N-ethyl adjacent to an activating group) is 1. The first-order chi connectivity index (χ1) is 7.31. The van der Waals surface area contributed by atoms with Crippen molar-refractivity contribution < 1.29 is 5.11 Å². The number of likely N-dealkylation sites (tertiary alicyclic amines) is 1. The first kappa shape index (κ1) is 10.7. The van der Waals surface area contributed by atoms with Crippen molar-refractivity contribution in [3.8, 4) is 0 Å². The van der Waals surface area contributed by atoms with Crippen molar-refractivity contribution in [3.05, 3.63) is 35.4 Å². The smallest absolute Gasteiger partial charge is 0.0471 e. The molecular formula is C13H19NO. The molecule has 0 bridgehead atoms. The fourth-order valence-electron chi connectivity index (χ4n) is 2.47. The minimum atomic E-state index is 0.250. The highest BCUT2D eigenvalue weighted by Gasteiger charge is 2.22. The van der Waals surface area contributed by atoms with E-state index in [0.717, 1.165) is 13.0 Å². The molecule has 82 valence electrons. The third-order valence-corrected chi connectivity index (χ3v) is 3.27. The Balaban J connectivity index is 2.19. The normalized spacial score (nSPS) is 22.1. The molecule has 1 saturated heterocycles. The molecule has 1 aromatic carbocycles. The van der Waals surface area contributed by atoms with Crippen molar-refractivity contribution in [1.82, 2.24) is 4.90 Å². The molecule has 15 heavy (non-hydrogen) atoms. The zero-order valence-corrected chi connectivity index (χ0v) is 9.32. The lowest BCUT2D eigenvalue weighted by Crippen LogP contribution is -2.14. The van der Waals surface area contributed by atoms with Crippen LogP contribution in [0.3, 0.4) is 0 Å². The number of aliphatic hydroxyl groups excluding tert-OH is 1. The van der Waals surface area contributed by atoms with E-state index in [0.29, 0.717) is 5.92 Å². The number of nitrogens with zero attached hydrogens (tertiary/aromatic N) is 1. The van der Waals surface area contributed by atoms with Crippen LogP contribution >= 0.6 is 0 Å². The molecule has 2 nitrogen and oxygen atoms in total. The van der Waals surface area contributed by atoms with Crippen molar-refractivity contribution in [2.24, 2.45) is 0 Å². The number of benzene rings is 1. The lowest BCUT2D eigenvalue weighted by atomic mass is 9.92. The van der Waals surface area contributed by atoms with Crippen LogP contribution in [0.4, 0.5) is 0 Å². The molecule has 1 atom stereocenters. The Morgan fingerprint density at radius 3 is 2.87 bits per heavy atom. The van der Waals surface area contributed by atoms with Crippen LogP contribution in [0.1, 0.15) is 23.5 Å². The Labute approximate surface area is 91.5 Å². The Bertz CT molecular complexity index is 324.